The molecule has 3 atom stereocenters. The van der Waals surface area contributed by atoms with Crippen molar-refractivity contribution in [2.45, 2.75) is 38.3 Å². The number of hydrogen-bond acceptors (Lipinski definition) is 5. The van der Waals surface area contributed by atoms with Crippen LogP contribution in [0.5, 0.6) is 0 Å². The molecule has 0 spiro atoms. The molecular weight excluding hydrogens is 198 g/mol. The molecule has 1 aliphatic rings. The van der Waals surface area contributed by atoms with E-state index in [0.717, 1.165) is 0 Å². The Bertz CT molecular complexity index is 301. The van der Waals surface area contributed by atoms with Crippen LogP contribution in [0.1, 0.15) is 26.2 Å². The molecule has 0 aliphatic heterocycles. The Hall–Kier alpha value is -1.26. The first kappa shape index (κ1) is 11.8. The van der Waals surface area contributed by atoms with Crippen molar-refractivity contribution in [3.63, 3.8) is 0 Å². The number of hydrogen-bond donors (Lipinski definition) is 1. The van der Waals surface area contributed by atoms with Gasteiger partial charge in [0.15, 0.2) is 0 Å². The molecule has 84 valence electrons. The van der Waals surface area contributed by atoms with E-state index in [0.29, 0.717) is 19.3 Å². The second-order valence-electron chi connectivity index (χ2n) is 4.07. The topological polar surface area (TPSA) is 99.7 Å². The standard InChI is InChI=1S/C9H15N3O3/c1-9(8(13)14)4-3-6(11-12-10)5-7(9)15-2/h6-7,10H,3-5H2,1-2H3/t6-,7+,9-/m0/s1. The lowest BCUT2D eigenvalue weighted by Crippen LogP contribution is -2.52. The highest BCUT2D eigenvalue weighted by Gasteiger charge is 2.42. The lowest BCUT2D eigenvalue weighted by Gasteiger charge is -2.41. The molecule has 6 heteroatoms. The van der Waals surface area contributed by atoms with Gasteiger partial charge in [-0.3, -0.25) is 0 Å². The van der Waals surface area contributed by atoms with Gasteiger partial charge in [0.2, 0.25) is 4.91 Å². The van der Waals surface area contributed by atoms with Gasteiger partial charge in [0.1, 0.15) is 16.7 Å². The van der Waals surface area contributed by atoms with Crippen molar-refractivity contribution in [2.24, 2.45) is 10.5 Å². The van der Waals surface area contributed by atoms with Gasteiger partial charge in [-0.1, -0.05) is 6.92 Å². The summed E-state index contributed by atoms with van der Waals surface area (Å²) in [6.45, 7) is 1.63. The number of methoxy groups -OCH3 is 1. The summed E-state index contributed by atoms with van der Waals surface area (Å²) in [4.78, 5) is 14.0. The van der Waals surface area contributed by atoms with Crippen molar-refractivity contribution in [3.8, 4) is 0 Å². The fourth-order valence-electron chi connectivity index (χ4n) is 2.03. The molecule has 1 aliphatic carbocycles. The summed E-state index contributed by atoms with van der Waals surface area (Å²) >= 11 is 0. The van der Waals surface area contributed by atoms with E-state index in [1.54, 1.807) is 6.92 Å². The van der Waals surface area contributed by atoms with E-state index in [1.165, 1.54) is 7.11 Å². The maximum Gasteiger partial charge on any atom is 0.214 e. The molecule has 1 N–H and O–H groups in total. The average Bonchev–Trinajstić information content (AvgIpc) is 2.21. The van der Waals surface area contributed by atoms with Crippen molar-refractivity contribution < 1.29 is 14.6 Å². The van der Waals surface area contributed by atoms with Crippen LogP contribution in [0.25, 0.3) is 0 Å². The van der Waals surface area contributed by atoms with E-state index in [4.69, 9.17) is 10.3 Å². The Labute approximate surface area is 87.9 Å². The molecule has 0 bridgehead atoms. The fraction of sp³-hybridized carbons (Fsp3) is 0.889. The molecule has 1 fully saturated rings. The van der Waals surface area contributed by atoms with E-state index >= 15 is 0 Å². The van der Waals surface area contributed by atoms with Gasteiger partial charge in [-0.15, -0.1) is 0 Å². The van der Waals surface area contributed by atoms with Crippen LogP contribution in [0.4, 0.5) is 0 Å². The van der Waals surface area contributed by atoms with Crippen molar-refractivity contribution in [1.29, 1.82) is 5.53 Å². The smallest absolute Gasteiger partial charge is 0.214 e. The van der Waals surface area contributed by atoms with Crippen LogP contribution in [-0.2, 0) is 9.53 Å². The normalized spacial score (nSPS) is 35.6. The number of aliphatic carboxylic acids is 1. The Morgan fingerprint density at radius 2 is 2.40 bits per heavy atom. The molecule has 6 nitrogen and oxygen atoms in total. The van der Waals surface area contributed by atoms with Gasteiger partial charge in [0, 0.05) is 24.9 Å². The Balaban J connectivity index is 2.81. The van der Waals surface area contributed by atoms with Crippen LogP contribution in [-0.4, -0.2) is 25.2 Å². The zero-order valence-electron chi connectivity index (χ0n) is 8.90. The molecule has 0 radical (unpaired) electrons. The minimum Gasteiger partial charge on any atom is -0.549 e. The van der Waals surface area contributed by atoms with E-state index in [2.05, 4.69) is 10.0 Å². The maximum atomic E-state index is 11.0. The summed E-state index contributed by atoms with van der Waals surface area (Å²) in [5.74, 6) is -1.09. The van der Waals surface area contributed by atoms with E-state index in [-0.39, 0.29) is 6.04 Å². The number of nitrogens with zero attached hydrogens (tertiary/aromatic N) is 2. The van der Waals surface area contributed by atoms with Gasteiger partial charge >= 0.3 is 0 Å². The number of carbonyl (C=O) groups excluding carboxylic acids is 1. The van der Waals surface area contributed by atoms with Crippen LogP contribution < -0.4 is 10.0 Å². The molecular formula is C9H15N3O3. The number of carbonyl (C=O) groups is 1. The quantitative estimate of drug-likeness (QED) is 0.521. The SMILES string of the molecule is CO[C@@H]1C[C@@H](N=[N+]=N)CC[C@]1(C)C(=O)[O-]. The molecule has 15 heavy (non-hydrogen) atoms. The summed E-state index contributed by atoms with van der Waals surface area (Å²) in [6, 6.07) is -0.111. The summed E-state index contributed by atoms with van der Waals surface area (Å²) in [5.41, 5.74) is 5.68. The Morgan fingerprint density at radius 3 is 2.87 bits per heavy atom. The molecule has 1 saturated carbocycles. The highest BCUT2D eigenvalue weighted by atomic mass is 16.5. The average molecular weight is 213 g/mol. The molecule has 0 unspecified atom stereocenters. The second kappa shape index (κ2) is 4.51. The second-order valence-corrected chi connectivity index (χ2v) is 4.07. The molecule has 0 aromatic rings. The van der Waals surface area contributed by atoms with Crippen LogP contribution in [0.15, 0.2) is 5.11 Å². The monoisotopic (exact) mass is 213 g/mol. The summed E-state index contributed by atoms with van der Waals surface area (Å²) < 4.78 is 5.16. The van der Waals surface area contributed by atoms with Crippen molar-refractivity contribution in [1.82, 2.24) is 4.91 Å². The van der Waals surface area contributed by atoms with Gasteiger partial charge in [-0.25, -0.2) is 0 Å². The largest absolute Gasteiger partial charge is 0.549 e. The molecule has 1 rings (SSSR count). The van der Waals surface area contributed by atoms with Crippen molar-refractivity contribution >= 4 is 5.97 Å². The predicted molar refractivity (Wildman–Crippen MR) is 48.8 cm³/mol. The van der Waals surface area contributed by atoms with Gasteiger partial charge in [0.25, 0.3) is 0 Å². The third-order valence-electron chi connectivity index (χ3n) is 3.17. The number of carboxylic acid groups (broad SMARTS) is 1. The zero-order valence-corrected chi connectivity index (χ0v) is 8.90. The van der Waals surface area contributed by atoms with Crippen molar-refractivity contribution in [2.75, 3.05) is 7.11 Å². The zero-order chi connectivity index (χ0) is 11.5. The summed E-state index contributed by atoms with van der Waals surface area (Å²) in [6.07, 6.45) is 1.10. The molecule has 0 amide bonds. The highest BCUT2D eigenvalue weighted by Crippen LogP contribution is 2.38. The summed E-state index contributed by atoms with van der Waals surface area (Å²) in [7, 11) is 1.48. The number of ether oxygens (including phenoxy) is 1. The minimum absolute atomic E-state index is 0.111. The molecule has 0 saturated heterocycles. The Morgan fingerprint density at radius 1 is 1.73 bits per heavy atom. The van der Waals surface area contributed by atoms with Crippen LogP contribution in [0.2, 0.25) is 0 Å². The molecule has 0 aromatic carbocycles. The minimum atomic E-state index is -1.09. The van der Waals surface area contributed by atoms with Crippen LogP contribution >= 0.6 is 0 Å². The van der Waals surface area contributed by atoms with Gasteiger partial charge in [-0.2, -0.15) is 0 Å². The third-order valence-corrected chi connectivity index (χ3v) is 3.17. The maximum absolute atomic E-state index is 11.0. The fourth-order valence-corrected chi connectivity index (χ4v) is 2.03. The predicted octanol–water partition coefficient (Wildman–Crippen LogP) is -0.140. The third kappa shape index (κ3) is 2.22. The highest BCUT2D eigenvalue weighted by molar-refractivity contribution is 5.73. The summed E-state index contributed by atoms with van der Waals surface area (Å²) in [5, 5.41) is 14.7. The first-order valence-corrected chi connectivity index (χ1v) is 4.85. The van der Waals surface area contributed by atoms with Gasteiger partial charge in [-0.05, 0) is 12.8 Å². The van der Waals surface area contributed by atoms with E-state index in [1.807, 2.05) is 0 Å². The molecule has 0 heterocycles. The number of rotatable bonds is 3. The van der Waals surface area contributed by atoms with E-state index < -0.39 is 17.5 Å². The lowest BCUT2D eigenvalue weighted by atomic mass is 9.72. The van der Waals surface area contributed by atoms with Gasteiger partial charge in [0.05, 0.1) is 6.10 Å². The van der Waals surface area contributed by atoms with Crippen LogP contribution in [0.3, 0.4) is 0 Å². The number of carboxylic acids is 1. The lowest BCUT2D eigenvalue weighted by molar-refractivity contribution is -0.325. The Kier molecular flexibility index (Phi) is 3.55. The molecule has 0 aromatic heterocycles. The first-order valence-electron chi connectivity index (χ1n) is 4.85. The number of nitrogens with one attached hydrogen (secondary N) is 1. The first-order chi connectivity index (χ1) is 7.04. The van der Waals surface area contributed by atoms with Crippen molar-refractivity contribution in [3.05, 3.63) is 0 Å². The van der Waals surface area contributed by atoms with E-state index in [9.17, 15) is 9.90 Å². The van der Waals surface area contributed by atoms with Gasteiger partial charge < -0.3 is 14.6 Å². The van der Waals surface area contributed by atoms with Crippen LogP contribution in [0, 0.1) is 10.9 Å².